The van der Waals surface area contributed by atoms with E-state index in [0.717, 1.165) is 12.1 Å². The summed E-state index contributed by atoms with van der Waals surface area (Å²) in [6.07, 6.45) is 2.10. The average Bonchev–Trinajstić information content (AvgIpc) is 3.86. The van der Waals surface area contributed by atoms with E-state index in [9.17, 15) is 63.2 Å². The van der Waals surface area contributed by atoms with Crippen molar-refractivity contribution in [2.24, 2.45) is 0 Å². The number of anilines is 1. The lowest BCUT2D eigenvalue weighted by Crippen LogP contribution is -2.35. The van der Waals surface area contributed by atoms with E-state index >= 15 is 0 Å². The molecule has 1 aliphatic carbocycles. The fourth-order valence-electron chi connectivity index (χ4n) is 9.36. The monoisotopic (exact) mass is 1090 g/mol. The van der Waals surface area contributed by atoms with Crippen molar-refractivity contribution in [2.75, 3.05) is 90.3 Å². The third-order valence-electron chi connectivity index (χ3n) is 13.2. The van der Waals surface area contributed by atoms with Gasteiger partial charge >= 0.3 is 5.97 Å². The fraction of sp³-hybridized carbons (Fsp3) is 0.521. The zero-order valence-corrected chi connectivity index (χ0v) is 43.8. The minimum Gasteiger partial charge on any atom is -0.748 e. The highest BCUT2D eigenvalue weighted by atomic mass is 32.2. The van der Waals surface area contributed by atoms with Gasteiger partial charge in [0.15, 0.2) is 5.71 Å². The van der Waals surface area contributed by atoms with Crippen LogP contribution in [0.15, 0.2) is 80.9 Å². The fourth-order valence-corrected chi connectivity index (χ4v) is 10.9. The summed E-state index contributed by atoms with van der Waals surface area (Å²) in [6, 6.07) is 7.43. The predicted octanol–water partition coefficient (Wildman–Crippen LogP) is 2.67. The van der Waals surface area contributed by atoms with Gasteiger partial charge in [-0.1, -0.05) is 0 Å². The van der Waals surface area contributed by atoms with Gasteiger partial charge in [0, 0.05) is 79.8 Å². The topological polar surface area (TPSA) is 325 Å². The van der Waals surface area contributed by atoms with Crippen molar-refractivity contribution in [3.63, 3.8) is 0 Å². The molecule has 2 aromatic carbocycles. The summed E-state index contributed by atoms with van der Waals surface area (Å²) < 4.78 is 138. The number of fused-ring (bicyclic) bond motifs is 2. The number of hydrogen-bond donors (Lipinski definition) is 1. The van der Waals surface area contributed by atoms with E-state index in [1.807, 2.05) is 0 Å². The lowest BCUT2D eigenvalue weighted by Gasteiger charge is -2.32. The maximum atomic E-state index is 14.4. The zero-order valence-electron chi connectivity index (χ0n) is 41.3. The van der Waals surface area contributed by atoms with Crippen LogP contribution in [0.25, 0.3) is 0 Å². The molecule has 3 heterocycles. The second-order valence-corrected chi connectivity index (χ2v) is 22.4. The number of methoxy groups -OCH3 is 1. The second-order valence-electron chi connectivity index (χ2n) is 18.1. The van der Waals surface area contributed by atoms with Gasteiger partial charge in [-0.05, 0) is 82.0 Å². The Kier molecular flexibility index (Phi) is 18.9. The van der Waals surface area contributed by atoms with Crippen molar-refractivity contribution in [2.45, 2.75) is 86.3 Å². The highest BCUT2D eigenvalue weighted by Gasteiger charge is 2.50. The molecule has 3 aliphatic heterocycles. The van der Waals surface area contributed by atoms with Gasteiger partial charge < -0.3 is 52.2 Å². The molecule has 2 amide bonds. The first-order valence-corrected chi connectivity index (χ1v) is 28.1. The van der Waals surface area contributed by atoms with Crippen LogP contribution in [0, 0.1) is 0 Å². The lowest BCUT2D eigenvalue weighted by atomic mass is 9.74. The minimum atomic E-state index is -5.01. The maximum absolute atomic E-state index is 14.4. The van der Waals surface area contributed by atoms with E-state index in [2.05, 4.69) is 0 Å². The van der Waals surface area contributed by atoms with Gasteiger partial charge in [0.1, 0.15) is 32.5 Å². The van der Waals surface area contributed by atoms with Gasteiger partial charge in [0.25, 0.3) is 11.8 Å². The van der Waals surface area contributed by atoms with Crippen LogP contribution in [0.1, 0.15) is 76.8 Å². The number of imide groups is 1. The van der Waals surface area contributed by atoms with E-state index in [1.165, 1.54) is 36.4 Å². The standard InChI is InChI=1S/C48H61N3O20S3/c1-5-49-38-11-9-32(73(60,61)62)28-36(38)47(2,15-7-27-72(57,58)59)40(49)30-34-45(55)35(46(34)56)31-41-48(3,16-18-67-21-22-69-25-26-70-24-23-68-20-19-66-4)37-29-33(74(63,64)65)10-12-39(37)50(41)17-6-8-44(54)71-51-42(52)13-14-43(51)53/h9-12,28-31H,5-8,13-27H2,1-4H3,(H3-,55,56,57,58,59,60,61,62,63,64,65)/p-2. The van der Waals surface area contributed by atoms with Gasteiger partial charge in [-0.2, -0.15) is 4.58 Å². The first kappa shape index (κ1) is 58.0. The number of amides is 2. The number of aliphatic hydroxyl groups excluding tert-OH is 1. The summed E-state index contributed by atoms with van der Waals surface area (Å²) in [7, 11) is -13.1. The molecule has 6 rings (SSSR count). The number of carbonyl (C=O) groups is 4. The van der Waals surface area contributed by atoms with Crippen LogP contribution in [0.4, 0.5) is 11.4 Å². The zero-order chi connectivity index (χ0) is 54.2. The lowest BCUT2D eigenvalue weighted by molar-refractivity contribution is -0.438. The van der Waals surface area contributed by atoms with E-state index < -0.39 is 86.1 Å². The third-order valence-corrected chi connectivity index (χ3v) is 15.7. The number of likely N-dealkylation sites (N-methyl/N-ethyl adjacent to an activating group) is 1. The van der Waals surface area contributed by atoms with Crippen molar-refractivity contribution >= 4 is 71.0 Å². The van der Waals surface area contributed by atoms with Crippen LogP contribution >= 0.6 is 0 Å². The van der Waals surface area contributed by atoms with Crippen molar-refractivity contribution in [3.8, 4) is 0 Å². The normalized spacial score (nSPS) is 21.1. The molecule has 1 saturated heterocycles. The number of carbonyl (C=O) groups excluding carboxylic acids is 4. The van der Waals surface area contributed by atoms with Crippen molar-refractivity contribution in [3.05, 3.63) is 82.3 Å². The summed E-state index contributed by atoms with van der Waals surface area (Å²) in [4.78, 5) is 57.3. The van der Waals surface area contributed by atoms with Crippen LogP contribution in [-0.4, -0.2) is 168 Å². The summed E-state index contributed by atoms with van der Waals surface area (Å²) in [5.41, 5.74) is -0.863. The van der Waals surface area contributed by atoms with Crippen molar-refractivity contribution in [1.82, 2.24) is 5.06 Å². The second kappa shape index (κ2) is 24.2. The molecule has 406 valence electrons. The summed E-state index contributed by atoms with van der Waals surface area (Å²) in [6.45, 7) is 7.87. The molecule has 1 N–H and O–H groups in total. The van der Waals surface area contributed by atoms with Gasteiger partial charge in [0.2, 0.25) is 11.5 Å². The third kappa shape index (κ3) is 13.4. The Hall–Kier alpha value is -5.26. The Balaban J connectivity index is 1.34. The van der Waals surface area contributed by atoms with Gasteiger partial charge in [-0.25, -0.2) is 30.0 Å². The van der Waals surface area contributed by atoms with E-state index in [-0.39, 0.29) is 95.6 Å². The van der Waals surface area contributed by atoms with Crippen LogP contribution in [0.2, 0.25) is 0 Å². The molecule has 2 aromatic rings. The number of hydrogen-bond acceptors (Lipinski definition) is 21. The quantitative estimate of drug-likeness (QED) is 0.0402. The van der Waals surface area contributed by atoms with Crippen LogP contribution in [0.3, 0.4) is 0 Å². The molecule has 26 heteroatoms. The molecule has 74 heavy (non-hydrogen) atoms. The molecule has 0 bridgehead atoms. The molecule has 2 unspecified atom stereocenters. The molecule has 0 spiro atoms. The molecular weight excluding hydrogens is 1030 g/mol. The first-order chi connectivity index (χ1) is 34.9. The minimum absolute atomic E-state index is 0.0133. The van der Waals surface area contributed by atoms with E-state index in [4.69, 9.17) is 28.5 Å². The number of ketones is 1. The highest BCUT2D eigenvalue weighted by Crippen LogP contribution is 2.52. The average molecular weight is 1090 g/mol. The molecule has 0 saturated carbocycles. The molecule has 23 nitrogen and oxygen atoms in total. The Morgan fingerprint density at radius 3 is 1.84 bits per heavy atom. The molecule has 0 aromatic heterocycles. The van der Waals surface area contributed by atoms with Crippen LogP contribution < -0.4 is 4.90 Å². The largest absolute Gasteiger partial charge is 0.748 e. The Morgan fingerprint density at radius 1 is 0.743 bits per heavy atom. The molecule has 4 aliphatic rings. The summed E-state index contributed by atoms with van der Waals surface area (Å²) >= 11 is 0. The van der Waals surface area contributed by atoms with Crippen molar-refractivity contribution in [1.29, 1.82) is 0 Å². The van der Waals surface area contributed by atoms with Gasteiger partial charge in [0.05, 0.1) is 95.7 Å². The number of hydroxylamine groups is 2. The van der Waals surface area contributed by atoms with Crippen LogP contribution in [-0.2, 0) is 88.9 Å². The van der Waals surface area contributed by atoms with Gasteiger partial charge in [-0.3, -0.25) is 14.4 Å². The number of benzene rings is 2. The number of allylic oxidation sites excluding steroid dienone is 5. The predicted molar refractivity (Wildman–Crippen MR) is 257 cm³/mol. The van der Waals surface area contributed by atoms with Crippen molar-refractivity contribution < 1.29 is 96.3 Å². The molecule has 1 fully saturated rings. The molecule has 2 atom stereocenters. The number of aliphatic hydroxyl groups is 1. The number of ether oxygens (including phenoxy) is 5. The summed E-state index contributed by atoms with van der Waals surface area (Å²) in [5.74, 6) is -4.18. The number of nitrogens with zero attached hydrogens (tertiary/aromatic N) is 3. The Labute approximate surface area is 429 Å². The van der Waals surface area contributed by atoms with Crippen LogP contribution in [0.5, 0.6) is 0 Å². The molecular formula is C48H59N3O20S3-2. The highest BCUT2D eigenvalue weighted by molar-refractivity contribution is 7.86. The molecule has 0 radical (unpaired) electrons. The number of Topliss-reactive ketones (excluding diaryl/α,β-unsaturated/α-hetero) is 1. The number of rotatable bonds is 29. The van der Waals surface area contributed by atoms with Gasteiger partial charge in [-0.15, -0.1) is 5.06 Å². The van der Waals surface area contributed by atoms with E-state index in [1.54, 1.807) is 37.4 Å². The first-order valence-electron chi connectivity index (χ1n) is 23.7. The summed E-state index contributed by atoms with van der Waals surface area (Å²) in [5, 5.41) is 12.3. The maximum Gasteiger partial charge on any atom is 0.333 e. The van der Waals surface area contributed by atoms with E-state index in [0.29, 0.717) is 72.0 Å². The SMILES string of the molecule is CCN1C(=CC2=C(O)C(=CC3=[N+](CCCC(=O)ON4C(=O)CCC4=O)c4ccc(S(=O)(=O)[O-])cc4C3(C)CCOCCOCCOCCOCCOC)C2=O)C(C)(CCCS(=O)(=O)[O-])c2cc(S(=O)(=O)[O-])ccc21. The smallest absolute Gasteiger partial charge is 0.333 e. The Bertz CT molecular complexity index is 2970. The Morgan fingerprint density at radius 2 is 1.30 bits per heavy atom.